The van der Waals surface area contributed by atoms with Crippen molar-refractivity contribution in [3.63, 3.8) is 0 Å². The van der Waals surface area contributed by atoms with E-state index in [2.05, 4.69) is 36.2 Å². The first-order valence-electron chi connectivity index (χ1n) is 8.56. The first-order valence-corrected chi connectivity index (χ1v) is 8.94. The summed E-state index contributed by atoms with van der Waals surface area (Å²) in [6.45, 7) is 7.79. The third kappa shape index (κ3) is 6.40. The number of carbonyl (C=O) groups excluding carboxylic acids is 1. The lowest BCUT2D eigenvalue weighted by molar-refractivity contribution is -0.123. The first kappa shape index (κ1) is 19.3. The fourth-order valence-corrected chi connectivity index (χ4v) is 2.61. The predicted octanol–water partition coefficient (Wildman–Crippen LogP) is 3.88. The summed E-state index contributed by atoms with van der Waals surface area (Å²) >= 11 is 5.99. The Hall–Kier alpha value is -2.04. The number of amides is 1. The number of rotatable bonds is 9. The minimum absolute atomic E-state index is 0.0518. The smallest absolute Gasteiger partial charge is 0.258 e. The summed E-state index contributed by atoms with van der Waals surface area (Å²) in [5, 5.41) is 3.35. The maximum atomic E-state index is 11.9. The van der Waals surface area contributed by atoms with Crippen LogP contribution in [-0.4, -0.2) is 30.5 Å². The van der Waals surface area contributed by atoms with Crippen molar-refractivity contribution in [3.05, 3.63) is 64.7 Å². The number of benzene rings is 2. The molecule has 0 bridgehead atoms. The molecular formula is C20H25ClN2O2. The predicted molar refractivity (Wildman–Crippen MR) is 102 cm³/mol. The summed E-state index contributed by atoms with van der Waals surface area (Å²) < 4.78 is 5.43. The number of nitrogens with zero attached hydrogens (tertiary/aromatic N) is 1. The normalized spacial score (nSPS) is 10.7. The molecule has 134 valence electrons. The van der Waals surface area contributed by atoms with E-state index in [1.54, 1.807) is 12.1 Å². The second-order valence-electron chi connectivity index (χ2n) is 5.77. The zero-order chi connectivity index (χ0) is 18.1. The number of hydrogen-bond acceptors (Lipinski definition) is 3. The Balaban J connectivity index is 1.77. The molecule has 0 aromatic heterocycles. The number of hydrogen-bond donors (Lipinski definition) is 1. The van der Waals surface area contributed by atoms with Crippen molar-refractivity contribution in [2.24, 2.45) is 0 Å². The monoisotopic (exact) mass is 360 g/mol. The van der Waals surface area contributed by atoms with Crippen LogP contribution in [0.5, 0.6) is 5.75 Å². The number of nitrogens with one attached hydrogen (secondary N) is 1. The molecule has 0 spiro atoms. The zero-order valence-corrected chi connectivity index (χ0v) is 15.6. The van der Waals surface area contributed by atoms with E-state index in [1.165, 1.54) is 5.56 Å². The van der Waals surface area contributed by atoms with Crippen LogP contribution in [0, 0.1) is 0 Å². The lowest BCUT2D eigenvalue weighted by Crippen LogP contribution is -2.28. The molecule has 2 rings (SSSR count). The third-order valence-corrected chi connectivity index (χ3v) is 4.32. The second-order valence-corrected chi connectivity index (χ2v) is 6.18. The summed E-state index contributed by atoms with van der Waals surface area (Å²) in [6, 6.07) is 15.4. The summed E-state index contributed by atoms with van der Waals surface area (Å²) in [4.78, 5) is 14.3. The van der Waals surface area contributed by atoms with Gasteiger partial charge < -0.3 is 10.1 Å². The summed E-state index contributed by atoms with van der Waals surface area (Å²) in [5.41, 5.74) is 2.34. The lowest BCUT2D eigenvalue weighted by atomic mass is 10.1. The first-order chi connectivity index (χ1) is 12.1. The molecule has 0 aliphatic carbocycles. The topological polar surface area (TPSA) is 41.6 Å². The van der Waals surface area contributed by atoms with Gasteiger partial charge in [-0.1, -0.05) is 61.8 Å². The molecule has 0 heterocycles. The number of ether oxygens (including phenoxy) is 1. The van der Waals surface area contributed by atoms with Crippen LogP contribution in [-0.2, 0) is 17.9 Å². The molecule has 0 aliphatic heterocycles. The van der Waals surface area contributed by atoms with Gasteiger partial charge in [-0.05, 0) is 36.3 Å². The van der Waals surface area contributed by atoms with E-state index in [9.17, 15) is 4.79 Å². The lowest BCUT2D eigenvalue weighted by Gasteiger charge is -2.18. The Kier molecular flexibility index (Phi) is 7.76. The van der Waals surface area contributed by atoms with Gasteiger partial charge in [-0.3, -0.25) is 9.69 Å². The van der Waals surface area contributed by atoms with Gasteiger partial charge in [-0.2, -0.15) is 0 Å². The molecule has 5 heteroatoms. The van der Waals surface area contributed by atoms with E-state index in [4.69, 9.17) is 16.3 Å². The van der Waals surface area contributed by atoms with Crippen LogP contribution in [0.2, 0.25) is 5.02 Å². The van der Waals surface area contributed by atoms with E-state index >= 15 is 0 Å². The van der Waals surface area contributed by atoms with Gasteiger partial charge in [0.15, 0.2) is 6.61 Å². The second kappa shape index (κ2) is 10.1. The molecule has 0 fully saturated rings. The molecule has 0 aliphatic rings. The van der Waals surface area contributed by atoms with Crippen molar-refractivity contribution in [2.45, 2.75) is 26.9 Å². The van der Waals surface area contributed by atoms with Gasteiger partial charge >= 0.3 is 0 Å². The Morgan fingerprint density at radius 3 is 2.32 bits per heavy atom. The van der Waals surface area contributed by atoms with Gasteiger partial charge in [0.2, 0.25) is 0 Å². The highest BCUT2D eigenvalue weighted by molar-refractivity contribution is 6.32. The van der Waals surface area contributed by atoms with Crippen molar-refractivity contribution in [1.82, 2.24) is 10.2 Å². The quantitative estimate of drug-likeness (QED) is 0.738. The Morgan fingerprint density at radius 1 is 1.04 bits per heavy atom. The standard InChI is InChI=1S/C20H25ClN2O2/c1-3-23(4-2)14-17-11-9-16(10-12-17)13-22-20(24)15-25-19-8-6-5-7-18(19)21/h5-12H,3-4,13-15H2,1-2H3,(H,22,24). The van der Waals surface area contributed by atoms with E-state index < -0.39 is 0 Å². The van der Waals surface area contributed by atoms with Crippen LogP contribution in [0.1, 0.15) is 25.0 Å². The zero-order valence-electron chi connectivity index (χ0n) is 14.8. The van der Waals surface area contributed by atoms with Crippen LogP contribution >= 0.6 is 11.6 Å². The van der Waals surface area contributed by atoms with Gasteiger partial charge in [-0.25, -0.2) is 0 Å². The Bertz CT molecular complexity index is 670. The largest absolute Gasteiger partial charge is 0.482 e. The molecule has 1 N–H and O–H groups in total. The van der Waals surface area contributed by atoms with Crippen LogP contribution in [0.15, 0.2) is 48.5 Å². The Labute approximate surface area is 154 Å². The molecule has 25 heavy (non-hydrogen) atoms. The average Bonchev–Trinajstić information content (AvgIpc) is 2.64. The molecular weight excluding hydrogens is 336 g/mol. The van der Waals surface area contributed by atoms with Gasteiger partial charge in [0.05, 0.1) is 5.02 Å². The highest BCUT2D eigenvalue weighted by atomic mass is 35.5. The summed E-state index contributed by atoms with van der Waals surface area (Å²) in [6.07, 6.45) is 0. The van der Waals surface area contributed by atoms with Gasteiger partial charge in [0.25, 0.3) is 5.91 Å². The van der Waals surface area contributed by atoms with E-state index in [-0.39, 0.29) is 12.5 Å². The maximum absolute atomic E-state index is 11.9. The van der Waals surface area contributed by atoms with E-state index in [0.29, 0.717) is 17.3 Å². The van der Waals surface area contributed by atoms with Crippen LogP contribution in [0.3, 0.4) is 0 Å². The maximum Gasteiger partial charge on any atom is 0.258 e. The molecule has 0 unspecified atom stereocenters. The highest BCUT2D eigenvalue weighted by Gasteiger charge is 2.06. The van der Waals surface area contributed by atoms with Crippen molar-refractivity contribution in [2.75, 3.05) is 19.7 Å². The Morgan fingerprint density at radius 2 is 1.68 bits per heavy atom. The van der Waals surface area contributed by atoms with Crippen LogP contribution in [0.4, 0.5) is 0 Å². The number of para-hydroxylation sites is 1. The fraction of sp³-hybridized carbons (Fsp3) is 0.350. The fourth-order valence-electron chi connectivity index (χ4n) is 2.42. The van der Waals surface area contributed by atoms with Crippen LogP contribution < -0.4 is 10.1 Å². The molecule has 0 radical (unpaired) electrons. The minimum Gasteiger partial charge on any atom is -0.482 e. The summed E-state index contributed by atoms with van der Waals surface area (Å²) in [7, 11) is 0. The van der Waals surface area contributed by atoms with Gasteiger partial charge in [-0.15, -0.1) is 0 Å². The van der Waals surface area contributed by atoms with Crippen molar-refractivity contribution >= 4 is 17.5 Å². The molecule has 1 amide bonds. The molecule has 0 saturated heterocycles. The molecule has 0 saturated carbocycles. The minimum atomic E-state index is -0.174. The van der Waals surface area contributed by atoms with Crippen molar-refractivity contribution in [3.8, 4) is 5.75 Å². The van der Waals surface area contributed by atoms with Gasteiger partial charge in [0.1, 0.15) is 5.75 Å². The molecule has 4 nitrogen and oxygen atoms in total. The molecule has 2 aromatic rings. The number of halogens is 1. The molecule has 2 aromatic carbocycles. The average molecular weight is 361 g/mol. The summed E-state index contributed by atoms with van der Waals surface area (Å²) in [5.74, 6) is 0.340. The third-order valence-electron chi connectivity index (χ3n) is 4.01. The number of carbonyl (C=O) groups is 1. The molecule has 0 atom stereocenters. The highest BCUT2D eigenvalue weighted by Crippen LogP contribution is 2.22. The SMILES string of the molecule is CCN(CC)Cc1ccc(CNC(=O)COc2ccccc2Cl)cc1. The van der Waals surface area contributed by atoms with Crippen LogP contribution in [0.25, 0.3) is 0 Å². The van der Waals surface area contributed by atoms with Crippen molar-refractivity contribution in [1.29, 1.82) is 0 Å². The van der Waals surface area contributed by atoms with Crippen molar-refractivity contribution < 1.29 is 9.53 Å². The van der Waals surface area contributed by atoms with Gasteiger partial charge in [0, 0.05) is 13.1 Å². The van der Waals surface area contributed by atoms with E-state index in [0.717, 1.165) is 25.2 Å². The van der Waals surface area contributed by atoms with E-state index in [1.807, 2.05) is 24.3 Å².